The highest BCUT2D eigenvalue weighted by Crippen LogP contribution is 2.28. The second-order valence-electron chi connectivity index (χ2n) is 2.90. The Labute approximate surface area is 83.6 Å². The van der Waals surface area contributed by atoms with E-state index in [9.17, 15) is 0 Å². The summed E-state index contributed by atoms with van der Waals surface area (Å²) in [5.41, 5.74) is 6.91. The Kier molecular flexibility index (Phi) is 3.58. The molecule has 0 fully saturated rings. The standard InChI is InChI=1S/C10H14ClNO/c1-3-9(12)8-5-4-7(11)6-10(8)13-2/h4-6,9H,3,12H2,1-2H3/t9-/m0/s1. The molecule has 1 rings (SSSR count). The molecule has 0 aliphatic rings. The molecule has 1 atom stereocenters. The normalized spacial score (nSPS) is 12.6. The maximum absolute atomic E-state index is 5.90. The van der Waals surface area contributed by atoms with Gasteiger partial charge in [-0.15, -0.1) is 0 Å². The summed E-state index contributed by atoms with van der Waals surface area (Å²) in [5.74, 6) is 0.766. The van der Waals surface area contributed by atoms with E-state index in [1.165, 1.54) is 0 Å². The number of hydrogen-bond donors (Lipinski definition) is 1. The van der Waals surface area contributed by atoms with Crippen LogP contribution in [0, 0.1) is 0 Å². The largest absolute Gasteiger partial charge is 0.496 e. The van der Waals surface area contributed by atoms with Crippen LogP contribution in [-0.2, 0) is 0 Å². The van der Waals surface area contributed by atoms with E-state index in [-0.39, 0.29) is 6.04 Å². The first kappa shape index (κ1) is 10.4. The van der Waals surface area contributed by atoms with Crippen molar-refractivity contribution in [1.82, 2.24) is 0 Å². The van der Waals surface area contributed by atoms with Gasteiger partial charge >= 0.3 is 0 Å². The van der Waals surface area contributed by atoms with E-state index in [0.29, 0.717) is 5.02 Å². The van der Waals surface area contributed by atoms with Crippen molar-refractivity contribution in [2.24, 2.45) is 5.73 Å². The Bertz CT molecular complexity index is 288. The third-order valence-corrected chi connectivity index (χ3v) is 2.27. The fourth-order valence-electron chi connectivity index (χ4n) is 1.21. The molecule has 13 heavy (non-hydrogen) atoms. The summed E-state index contributed by atoms with van der Waals surface area (Å²) in [6.45, 7) is 2.04. The lowest BCUT2D eigenvalue weighted by molar-refractivity contribution is 0.405. The van der Waals surface area contributed by atoms with E-state index in [4.69, 9.17) is 22.1 Å². The van der Waals surface area contributed by atoms with Crippen molar-refractivity contribution in [3.8, 4) is 5.75 Å². The predicted octanol–water partition coefficient (Wildman–Crippen LogP) is 2.76. The first-order chi connectivity index (χ1) is 6.19. The molecular weight excluding hydrogens is 186 g/mol. The number of hydrogen-bond acceptors (Lipinski definition) is 2. The maximum Gasteiger partial charge on any atom is 0.125 e. The van der Waals surface area contributed by atoms with E-state index in [0.717, 1.165) is 17.7 Å². The Hall–Kier alpha value is -0.730. The molecule has 0 aliphatic carbocycles. The van der Waals surface area contributed by atoms with Crippen LogP contribution in [0.3, 0.4) is 0 Å². The zero-order valence-electron chi connectivity index (χ0n) is 7.88. The average Bonchev–Trinajstić information content (AvgIpc) is 2.16. The lowest BCUT2D eigenvalue weighted by Crippen LogP contribution is -2.09. The van der Waals surface area contributed by atoms with Gasteiger partial charge in [-0.3, -0.25) is 0 Å². The Morgan fingerprint density at radius 2 is 2.23 bits per heavy atom. The van der Waals surface area contributed by atoms with Crippen LogP contribution in [0.25, 0.3) is 0 Å². The van der Waals surface area contributed by atoms with Gasteiger partial charge in [0.25, 0.3) is 0 Å². The summed E-state index contributed by atoms with van der Waals surface area (Å²) in [6, 6.07) is 5.55. The van der Waals surface area contributed by atoms with Gasteiger partial charge in [0.1, 0.15) is 5.75 Å². The Morgan fingerprint density at radius 1 is 1.54 bits per heavy atom. The van der Waals surface area contributed by atoms with Crippen LogP contribution in [0.4, 0.5) is 0 Å². The summed E-state index contributed by atoms with van der Waals surface area (Å²) in [4.78, 5) is 0. The quantitative estimate of drug-likeness (QED) is 0.813. The number of benzene rings is 1. The molecule has 0 saturated carbocycles. The van der Waals surface area contributed by atoms with Crippen molar-refractivity contribution in [2.45, 2.75) is 19.4 Å². The Morgan fingerprint density at radius 3 is 2.77 bits per heavy atom. The van der Waals surface area contributed by atoms with Gasteiger partial charge in [0.05, 0.1) is 7.11 Å². The molecule has 0 aromatic heterocycles. The minimum Gasteiger partial charge on any atom is -0.496 e. The predicted molar refractivity (Wildman–Crippen MR) is 55.2 cm³/mol. The number of ether oxygens (including phenoxy) is 1. The van der Waals surface area contributed by atoms with Crippen LogP contribution in [0.5, 0.6) is 5.75 Å². The molecule has 0 aliphatic heterocycles. The van der Waals surface area contributed by atoms with E-state index in [1.807, 2.05) is 19.1 Å². The summed E-state index contributed by atoms with van der Waals surface area (Å²) in [5, 5.41) is 0.670. The highest BCUT2D eigenvalue weighted by Gasteiger charge is 2.09. The van der Waals surface area contributed by atoms with Crippen LogP contribution in [0.1, 0.15) is 24.9 Å². The monoisotopic (exact) mass is 199 g/mol. The van der Waals surface area contributed by atoms with Gasteiger partial charge in [-0.2, -0.15) is 0 Å². The van der Waals surface area contributed by atoms with Crippen molar-refractivity contribution >= 4 is 11.6 Å². The van der Waals surface area contributed by atoms with E-state index in [1.54, 1.807) is 13.2 Å². The van der Waals surface area contributed by atoms with Gasteiger partial charge < -0.3 is 10.5 Å². The third kappa shape index (κ3) is 2.36. The van der Waals surface area contributed by atoms with Gasteiger partial charge in [0.15, 0.2) is 0 Å². The number of halogens is 1. The van der Waals surface area contributed by atoms with Crippen molar-refractivity contribution < 1.29 is 4.74 Å². The highest BCUT2D eigenvalue weighted by molar-refractivity contribution is 6.30. The van der Waals surface area contributed by atoms with E-state index >= 15 is 0 Å². The smallest absolute Gasteiger partial charge is 0.125 e. The van der Waals surface area contributed by atoms with Crippen LogP contribution in [0.15, 0.2) is 18.2 Å². The van der Waals surface area contributed by atoms with E-state index < -0.39 is 0 Å². The van der Waals surface area contributed by atoms with Gasteiger partial charge in [-0.1, -0.05) is 24.6 Å². The molecule has 2 nitrogen and oxygen atoms in total. The first-order valence-electron chi connectivity index (χ1n) is 4.28. The second kappa shape index (κ2) is 4.49. The highest BCUT2D eigenvalue weighted by atomic mass is 35.5. The molecule has 0 saturated heterocycles. The number of rotatable bonds is 3. The summed E-state index contributed by atoms with van der Waals surface area (Å²) < 4.78 is 5.18. The van der Waals surface area contributed by atoms with Crippen LogP contribution >= 0.6 is 11.6 Å². The summed E-state index contributed by atoms with van der Waals surface area (Å²) in [7, 11) is 1.62. The molecular formula is C10H14ClNO. The molecule has 0 bridgehead atoms. The minimum absolute atomic E-state index is 0.0206. The molecule has 0 unspecified atom stereocenters. The van der Waals surface area contributed by atoms with Gasteiger partial charge in [0, 0.05) is 16.6 Å². The van der Waals surface area contributed by atoms with Crippen molar-refractivity contribution in [1.29, 1.82) is 0 Å². The third-order valence-electron chi connectivity index (χ3n) is 2.03. The molecule has 3 heteroatoms. The molecule has 2 N–H and O–H groups in total. The van der Waals surface area contributed by atoms with Gasteiger partial charge in [-0.05, 0) is 18.6 Å². The van der Waals surface area contributed by atoms with Gasteiger partial charge in [0.2, 0.25) is 0 Å². The molecule has 72 valence electrons. The maximum atomic E-state index is 5.90. The van der Waals surface area contributed by atoms with Crippen LogP contribution in [-0.4, -0.2) is 7.11 Å². The van der Waals surface area contributed by atoms with Gasteiger partial charge in [-0.25, -0.2) is 0 Å². The molecule has 0 heterocycles. The van der Waals surface area contributed by atoms with E-state index in [2.05, 4.69) is 0 Å². The molecule has 0 spiro atoms. The zero-order chi connectivity index (χ0) is 9.84. The summed E-state index contributed by atoms with van der Waals surface area (Å²) in [6.07, 6.45) is 0.887. The minimum atomic E-state index is 0.0206. The SMILES string of the molecule is CC[C@H](N)c1ccc(Cl)cc1OC. The fraction of sp³-hybridized carbons (Fsp3) is 0.400. The average molecular weight is 200 g/mol. The van der Waals surface area contributed by atoms with Crippen molar-refractivity contribution in [3.63, 3.8) is 0 Å². The Balaban J connectivity index is 3.05. The number of nitrogens with two attached hydrogens (primary N) is 1. The molecule has 1 aromatic rings. The molecule has 1 aromatic carbocycles. The number of methoxy groups -OCH3 is 1. The molecule has 0 radical (unpaired) electrons. The molecule has 0 amide bonds. The second-order valence-corrected chi connectivity index (χ2v) is 3.34. The fourth-order valence-corrected chi connectivity index (χ4v) is 1.37. The van der Waals surface area contributed by atoms with Crippen molar-refractivity contribution in [3.05, 3.63) is 28.8 Å². The van der Waals surface area contributed by atoms with Crippen molar-refractivity contribution in [2.75, 3.05) is 7.11 Å². The van der Waals surface area contributed by atoms with Crippen LogP contribution in [0.2, 0.25) is 5.02 Å². The lowest BCUT2D eigenvalue weighted by Gasteiger charge is -2.13. The van der Waals surface area contributed by atoms with Crippen LogP contribution < -0.4 is 10.5 Å². The first-order valence-corrected chi connectivity index (χ1v) is 4.65. The summed E-state index contributed by atoms with van der Waals surface area (Å²) >= 11 is 5.82. The topological polar surface area (TPSA) is 35.2 Å². The zero-order valence-corrected chi connectivity index (χ0v) is 8.64. The lowest BCUT2D eigenvalue weighted by atomic mass is 10.0.